The Bertz CT molecular complexity index is 1700. The molecule has 2 aliphatic carbocycles. The van der Waals surface area contributed by atoms with E-state index >= 15 is 0 Å². The lowest BCUT2D eigenvalue weighted by atomic mass is 9.77. The molecule has 0 radical (unpaired) electrons. The molecule has 2 bridgehead atoms. The molecule has 1 amide bonds. The van der Waals surface area contributed by atoms with Gasteiger partial charge in [0.15, 0.2) is 15.7 Å². The van der Waals surface area contributed by atoms with Crippen LogP contribution >= 0.6 is 0 Å². The molecule has 2 fully saturated rings. The van der Waals surface area contributed by atoms with Crippen LogP contribution in [0.3, 0.4) is 0 Å². The van der Waals surface area contributed by atoms with Gasteiger partial charge in [0.05, 0.1) is 11.4 Å². The van der Waals surface area contributed by atoms with Gasteiger partial charge < -0.3 is 15.3 Å². The van der Waals surface area contributed by atoms with Gasteiger partial charge >= 0.3 is 0 Å². The van der Waals surface area contributed by atoms with Gasteiger partial charge in [-0.1, -0.05) is 18.2 Å². The number of benzene rings is 2. The number of nitrogens with zero attached hydrogens (tertiary/aromatic N) is 2. The number of hydrogen-bond acceptors (Lipinski definition) is 7. The number of rotatable bonds is 5. The van der Waals surface area contributed by atoms with Crippen molar-refractivity contribution in [2.75, 3.05) is 11.6 Å². The van der Waals surface area contributed by atoms with E-state index in [-0.39, 0.29) is 75.2 Å². The maximum Gasteiger partial charge on any atom is 0.286 e. The summed E-state index contributed by atoms with van der Waals surface area (Å²) in [6.45, 7) is 1.77. The summed E-state index contributed by atoms with van der Waals surface area (Å²) in [6, 6.07) is 8.72. The van der Waals surface area contributed by atoms with E-state index in [0.29, 0.717) is 11.1 Å². The lowest BCUT2D eigenvalue weighted by Gasteiger charge is -2.44. The molecule has 2 aliphatic heterocycles. The summed E-state index contributed by atoms with van der Waals surface area (Å²) >= 11 is 0. The summed E-state index contributed by atoms with van der Waals surface area (Å²) in [5.74, 6) is -1.75. The molecule has 0 aromatic heterocycles. The van der Waals surface area contributed by atoms with Crippen molar-refractivity contribution in [3.63, 3.8) is 0 Å². The second-order valence-electron chi connectivity index (χ2n) is 11.1. The lowest BCUT2D eigenvalue weighted by molar-refractivity contribution is -0.134. The fourth-order valence-electron chi connectivity index (χ4n) is 6.68. The highest BCUT2D eigenvalue weighted by Crippen LogP contribution is 2.55. The zero-order chi connectivity index (χ0) is 27.9. The second-order valence-corrected chi connectivity index (χ2v) is 14.8. The van der Waals surface area contributed by atoms with Crippen molar-refractivity contribution >= 4 is 37.3 Å². The smallest absolute Gasteiger partial charge is 0.286 e. The Hall–Kier alpha value is -3.25. The van der Waals surface area contributed by atoms with Crippen molar-refractivity contribution in [3.8, 4) is 0 Å². The van der Waals surface area contributed by atoms with Crippen LogP contribution in [0.1, 0.15) is 36.0 Å². The molecule has 2 N–H and O–H groups in total. The third kappa shape index (κ3) is 4.43. The van der Waals surface area contributed by atoms with Crippen LogP contribution < -0.4 is 5.32 Å². The number of aliphatic hydroxyl groups excluding tert-OH is 1. The number of amidine groups is 1. The number of aliphatic hydroxyl groups is 1. The second kappa shape index (κ2) is 8.88. The van der Waals surface area contributed by atoms with Crippen LogP contribution in [0.5, 0.6) is 0 Å². The number of hydrogen-bond donors (Lipinski definition) is 2. The summed E-state index contributed by atoms with van der Waals surface area (Å²) in [5, 5.41) is 14.3. The van der Waals surface area contributed by atoms with Crippen LogP contribution in [0.2, 0.25) is 0 Å². The predicted octanol–water partition coefficient (Wildman–Crippen LogP) is 3.46. The molecule has 2 aromatic carbocycles. The minimum atomic E-state index is -4.32. The molecule has 2 aromatic rings. The van der Waals surface area contributed by atoms with Gasteiger partial charge in [-0.2, -0.15) is 8.42 Å². The molecule has 2 heterocycles. The molecular weight excluding hydrogens is 545 g/mol. The van der Waals surface area contributed by atoms with Crippen molar-refractivity contribution in [3.05, 3.63) is 70.2 Å². The Morgan fingerprint density at radius 3 is 2.56 bits per heavy atom. The number of halogens is 1. The summed E-state index contributed by atoms with van der Waals surface area (Å²) in [4.78, 5) is 15.4. The number of amides is 1. The number of sulfonamides is 1. The molecular formula is C27H28FN3O6S2. The van der Waals surface area contributed by atoms with E-state index in [1.54, 1.807) is 24.0 Å². The van der Waals surface area contributed by atoms with Crippen molar-refractivity contribution in [2.24, 2.45) is 22.2 Å². The fourth-order valence-corrected chi connectivity index (χ4v) is 8.64. The normalized spacial score (nSPS) is 27.2. The number of fused-ring (bicyclic) bond motifs is 6. The Labute approximate surface area is 226 Å². The molecule has 39 heavy (non-hydrogen) atoms. The number of carbonyl (C=O) groups excluding carboxylic acids is 1. The number of anilines is 1. The number of aryl methyl sites for hydroxylation is 1. The highest BCUT2D eigenvalue weighted by atomic mass is 32.2. The summed E-state index contributed by atoms with van der Waals surface area (Å²) in [7, 11) is -7.72. The first-order valence-electron chi connectivity index (χ1n) is 12.7. The first-order valence-corrected chi connectivity index (χ1v) is 16.2. The van der Waals surface area contributed by atoms with E-state index in [2.05, 4.69) is 9.71 Å². The van der Waals surface area contributed by atoms with Crippen LogP contribution in [0.4, 0.5) is 10.1 Å². The lowest BCUT2D eigenvalue weighted by Crippen LogP contribution is -2.53. The Balaban J connectivity index is 1.41. The van der Waals surface area contributed by atoms with Gasteiger partial charge in [0.2, 0.25) is 0 Å². The molecule has 0 spiro atoms. The molecule has 12 heteroatoms. The molecule has 206 valence electrons. The molecule has 9 nitrogen and oxygen atoms in total. The van der Waals surface area contributed by atoms with Crippen LogP contribution in [0.15, 0.2) is 57.0 Å². The first kappa shape index (κ1) is 26.0. The van der Waals surface area contributed by atoms with E-state index in [9.17, 15) is 31.1 Å². The van der Waals surface area contributed by atoms with Gasteiger partial charge in [-0.3, -0.25) is 4.79 Å². The molecule has 6 rings (SSSR count). The minimum Gasteiger partial charge on any atom is -0.511 e. The Morgan fingerprint density at radius 2 is 1.85 bits per heavy atom. The van der Waals surface area contributed by atoms with Crippen LogP contribution in [-0.2, 0) is 37.0 Å². The number of carbonyl (C=O) groups is 1. The summed E-state index contributed by atoms with van der Waals surface area (Å²) in [6.07, 6.45) is 3.73. The third-order valence-electron chi connectivity index (χ3n) is 8.32. The SMILES string of the molecule is Cc1ccc(CN2C(=O)C(C3=NS(=O)(=O)c4cc(CS(C)(=O)=O)ccc4N3)=C(O)C3C2[C@H]2CC[C@@H]3C2)cc1F. The van der Waals surface area contributed by atoms with Gasteiger partial charge in [0.25, 0.3) is 15.9 Å². The number of sulfone groups is 1. The summed E-state index contributed by atoms with van der Waals surface area (Å²) in [5.41, 5.74) is 1.31. The molecule has 2 saturated carbocycles. The van der Waals surface area contributed by atoms with E-state index in [1.165, 1.54) is 24.3 Å². The van der Waals surface area contributed by atoms with Gasteiger partial charge in [-0.05, 0) is 72.9 Å². The molecule has 0 saturated heterocycles. The van der Waals surface area contributed by atoms with Crippen LogP contribution in [0.25, 0.3) is 0 Å². The van der Waals surface area contributed by atoms with Crippen molar-refractivity contribution in [2.45, 2.75) is 49.4 Å². The topological polar surface area (TPSA) is 133 Å². The highest BCUT2D eigenvalue weighted by molar-refractivity contribution is 7.90. The fraction of sp³-hybridized carbons (Fsp3) is 0.407. The van der Waals surface area contributed by atoms with Crippen LogP contribution in [-0.4, -0.2) is 50.9 Å². The van der Waals surface area contributed by atoms with E-state index < -0.39 is 25.8 Å². The van der Waals surface area contributed by atoms with Crippen molar-refractivity contribution in [1.82, 2.24) is 4.90 Å². The first-order chi connectivity index (χ1) is 18.3. The zero-order valence-corrected chi connectivity index (χ0v) is 23.0. The predicted molar refractivity (Wildman–Crippen MR) is 143 cm³/mol. The van der Waals surface area contributed by atoms with Gasteiger partial charge in [0, 0.05) is 24.8 Å². The minimum absolute atomic E-state index is 0.114. The van der Waals surface area contributed by atoms with E-state index in [1.807, 2.05) is 0 Å². The van der Waals surface area contributed by atoms with Crippen molar-refractivity contribution < 1.29 is 31.1 Å². The maximum absolute atomic E-state index is 14.3. The average Bonchev–Trinajstić information content (AvgIpc) is 3.46. The van der Waals surface area contributed by atoms with Gasteiger partial charge in [-0.25, -0.2) is 12.8 Å². The van der Waals surface area contributed by atoms with Crippen molar-refractivity contribution in [1.29, 1.82) is 0 Å². The average molecular weight is 574 g/mol. The molecule has 4 aliphatic rings. The standard InChI is InChI=1S/C27H28FN3O6S2/c1-14-3-4-15(9-19(14)28)12-31-24-18-7-6-17(11-18)22(24)25(32)23(27(31)33)26-29-20-8-5-16(13-38(2,34)35)10-21(20)39(36,37)30-26/h3-5,8-10,17-18,22,24,32H,6-7,11-13H2,1-2H3,(H,29,30)/t17-,18+,22?,24?/m1/s1. The number of nitrogens with one attached hydrogen (secondary N) is 1. The maximum atomic E-state index is 14.3. The van der Waals surface area contributed by atoms with Crippen LogP contribution in [0, 0.1) is 30.5 Å². The van der Waals surface area contributed by atoms with E-state index in [0.717, 1.165) is 25.5 Å². The molecule has 4 atom stereocenters. The summed E-state index contributed by atoms with van der Waals surface area (Å²) < 4.78 is 68.0. The van der Waals surface area contributed by atoms with Gasteiger partial charge in [0.1, 0.15) is 22.0 Å². The monoisotopic (exact) mass is 573 g/mol. The zero-order valence-electron chi connectivity index (χ0n) is 21.4. The Kier molecular flexibility index (Phi) is 5.92. The Morgan fingerprint density at radius 1 is 1.13 bits per heavy atom. The van der Waals surface area contributed by atoms with E-state index in [4.69, 9.17) is 0 Å². The molecule has 2 unspecified atom stereocenters. The largest absolute Gasteiger partial charge is 0.511 e. The quantitative estimate of drug-likeness (QED) is 0.560. The third-order valence-corrected chi connectivity index (χ3v) is 10.5. The van der Waals surface area contributed by atoms with Gasteiger partial charge in [-0.15, -0.1) is 4.40 Å². The highest BCUT2D eigenvalue weighted by Gasteiger charge is 2.57.